The summed E-state index contributed by atoms with van der Waals surface area (Å²) >= 11 is 1.32. The zero-order chi connectivity index (χ0) is 20.5. The van der Waals surface area contributed by atoms with Gasteiger partial charge in [0.25, 0.3) is 0 Å². The van der Waals surface area contributed by atoms with Gasteiger partial charge in [-0.1, -0.05) is 41.6 Å². The second-order valence-corrected chi connectivity index (χ2v) is 8.63. The van der Waals surface area contributed by atoms with Crippen LogP contribution in [0.1, 0.15) is 30.4 Å². The molecule has 7 heteroatoms. The van der Waals surface area contributed by atoms with E-state index in [1.165, 1.54) is 23.9 Å². The van der Waals surface area contributed by atoms with Crippen molar-refractivity contribution in [3.63, 3.8) is 0 Å². The molecule has 1 heterocycles. The third kappa shape index (κ3) is 4.34. The lowest BCUT2D eigenvalue weighted by atomic mass is 10.1. The smallest absolute Gasteiger partial charge is 0.242 e. The normalized spacial score (nSPS) is 20.4. The highest BCUT2D eigenvalue weighted by Crippen LogP contribution is 2.40. The summed E-state index contributed by atoms with van der Waals surface area (Å²) in [6, 6.07) is 12.2. The Morgan fingerprint density at radius 3 is 2.69 bits per heavy atom. The number of carbonyl (C=O) groups is 2. The van der Waals surface area contributed by atoms with Crippen LogP contribution in [0.2, 0.25) is 0 Å². The maximum atomic E-state index is 13.8. The highest BCUT2D eigenvalue weighted by atomic mass is 32.2. The Bertz CT molecular complexity index is 1000. The number of halogens is 1. The molecule has 0 bridgehead atoms. The van der Waals surface area contributed by atoms with Gasteiger partial charge in [0.05, 0.1) is 11.4 Å². The van der Waals surface area contributed by atoms with Gasteiger partial charge < -0.3 is 5.32 Å². The van der Waals surface area contributed by atoms with Crippen LogP contribution in [0.5, 0.6) is 0 Å². The fraction of sp³-hybridized carbons (Fsp3) is 0.318. The molecule has 1 saturated heterocycles. The molecule has 29 heavy (non-hydrogen) atoms. The van der Waals surface area contributed by atoms with Crippen LogP contribution in [0, 0.1) is 19.7 Å². The third-order valence-corrected chi connectivity index (χ3v) is 6.12. The summed E-state index contributed by atoms with van der Waals surface area (Å²) in [7, 11) is 0. The Balaban J connectivity index is 1.52. The Morgan fingerprint density at radius 1 is 1.24 bits per heavy atom. The SMILES string of the molecule is Cc1ccc(N=C2SC(CC(=O)Nc3ccccc3F)C(=O)N2C2CC2)c(C)c1. The Kier molecular flexibility index (Phi) is 5.41. The zero-order valence-corrected chi connectivity index (χ0v) is 17.1. The molecule has 0 aromatic heterocycles. The van der Waals surface area contributed by atoms with Crippen molar-refractivity contribution < 1.29 is 14.0 Å². The molecule has 0 radical (unpaired) electrons. The van der Waals surface area contributed by atoms with Gasteiger partial charge in [0, 0.05) is 12.5 Å². The summed E-state index contributed by atoms with van der Waals surface area (Å²) in [5.41, 5.74) is 3.15. The lowest BCUT2D eigenvalue weighted by Gasteiger charge is -2.15. The van der Waals surface area contributed by atoms with E-state index >= 15 is 0 Å². The summed E-state index contributed by atoms with van der Waals surface area (Å²) in [4.78, 5) is 31.8. The molecule has 2 fully saturated rings. The van der Waals surface area contributed by atoms with Gasteiger partial charge in [0.15, 0.2) is 5.17 Å². The summed E-state index contributed by atoms with van der Waals surface area (Å²) in [6.45, 7) is 4.02. The van der Waals surface area contributed by atoms with Gasteiger partial charge in [-0.2, -0.15) is 0 Å². The molecule has 2 aliphatic rings. The molecule has 0 spiro atoms. The molecule has 1 atom stereocenters. The number of rotatable bonds is 5. The van der Waals surface area contributed by atoms with E-state index in [1.807, 2.05) is 26.0 Å². The first-order valence-electron chi connectivity index (χ1n) is 9.62. The van der Waals surface area contributed by atoms with Crippen LogP contribution >= 0.6 is 11.8 Å². The van der Waals surface area contributed by atoms with Crippen molar-refractivity contribution in [1.29, 1.82) is 0 Å². The van der Waals surface area contributed by atoms with Crippen LogP contribution in [0.15, 0.2) is 47.5 Å². The largest absolute Gasteiger partial charge is 0.324 e. The first-order valence-corrected chi connectivity index (χ1v) is 10.5. The van der Waals surface area contributed by atoms with Gasteiger partial charge in [0.2, 0.25) is 11.8 Å². The average Bonchev–Trinajstić information content (AvgIpc) is 3.45. The number of hydrogen-bond acceptors (Lipinski definition) is 4. The van der Waals surface area contributed by atoms with Crippen LogP contribution in [0.25, 0.3) is 0 Å². The highest BCUT2D eigenvalue weighted by molar-refractivity contribution is 8.15. The minimum atomic E-state index is -0.549. The standard InChI is InChI=1S/C22H22FN3O2S/c1-13-7-10-17(14(2)11-13)25-22-26(15-8-9-15)21(28)19(29-22)12-20(27)24-18-6-4-3-5-16(18)23/h3-7,10-11,15,19H,8-9,12H2,1-2H3,(H,24,27). The summed E-state index contributed by atoms with van der Waals surface area (Å²) in [5, 5.41) is 2.66. The van der Waals surface area contributed by atoms with E-state index in [0.29, 0.717) is 5.17 Å². The van der Waals surface area contributed by atoms with E-state index in [2.05, 4.69) is 11.4 Å². The molecule has 1 N–H and O–H groups in total. The molecule has 1 unspecified atom stereocenters. The highest BCUT2D eigenvalue weighted by Gasteiger charge is 2.46. The molecule has 1 aliphatic carbocycles. The van der Waals surface area contributed by atoms with Crippen molar-refractivity contribution in [2.24, 2.45) is 4.99 Å². The fourth-order valence-corrected chi connectivity index (χ4v) is 4.54. The van der Waals surface area contributed by atoms with E-state index in [4.69, 9.17) is 4.99 Å². The Morgan fingerprint density at radius 2 is 2.00 bits per heavy atom. The second kappa shape index (κ2) is 7.99. The summed E-state index contributed by atoms with van der Waals surface area (Å²) in [5.74, 6) is -0.975. The Labute approximate surface area is 173 Å². The second-order valence-electron chi connectivity index (χ2n) is 7.46. The number of anilines is 1. The van der Waals surface area contributed by atoms with Gasteiger partial charge in [-0.25, -0.2) is 9.38 Å². The number of hydrogen-bond donors (Lipinski definition) is 1. The average molecular weight is 412 g/mol. The van der Waals surface area contributed by atoms with Crippen LogP contribution in [0.4, 0.5) is 15.8 Å². The van der Waals surface area contributed by atoms with Gasteiger partial charge in [-0.05, 0) is 50.5 Å². The first kappa shape index (κ1) is 19.6. The maximum Gasteiger partial charge on any atom is 0.242 e. The fourth-order valence-electron chi connectivity index (χ4n) is 3.33. The third-order valence-electron chi connectivity index (χ3n) is 4.97. The quantitative estimate of drug-likeness (QED) is 0.784. The van der Waals surface area contributed by atoms with Crippen LogP contribution in [-0.4, -0.2) is 33.2 Å². The van der Waals surface area contributed by atoms with Crippen LogP contribution in [-0.2, 0) is 9.59 Å². The van der Waals surface area contributed by atoms with Crippen molar-refractivity contribution in [2.75, 3.05) is 5.32 Å². The minimum Gasteiger partial charge on any atom is -0.324 e. The molecule has 150 valence electrons. The van der Waals surface area contributed by atoms with E-state index < -0.39 is 11.1 Å². The molecule has 1 saturated carbocycles. The number of benzene rings is 2. The number of amides is 2. The summed E-state index contributed by atoms with van der Waals surface area (Å²) in [6.07, 6.45) is 1.88. The number of para-hydroxylation sites is 1. The number of nitrogens with zero attached hydrogens (tertiary/aromatic N) is 2. The monoisotopic (exact) mass is 411 g/mol. The minimum absolute atomic E-state index is 0.0209. The lowest BCUT2D eigenvalue weighted by Crippen LogP contribution is -2.35. The topological polar surface area (TPSA) is 61.8 Å². The maximum absolute atomic E-state index is 13.8. The molecule has 5 nitrogen and oxygen atoms in total. The van der Waals surface area contributed by atoms with Crippen LogP contribution < -0.4 is 5.32 Å². The number of carbonyl (C=O) groups excluding carboxylic acids is 2. The number of nitrogens with one attached hydrogen (secondary N) is 1. The van der Waals surface area contributed by atoms with Crippen molar-refractivity contribution in [2.45, 2.75) is 44.4 Å². The zero-order valence-electron chi connectivity index (χ0n) is 16.3. The van der Waals surface area contributed by atoms with E-state index in [1.54, 1.807) is 17.0 Å². The van der Waals surface area contributed by atoms with Gasteiger partial charge in [-0.3, -0.25) is 14.5 Å². The number of thioether (sulfide) groups is 1. The Hall–Kier alpha value is -2.67. The molecule has 1 aliphatic heterocycles. The molecule has 4 rings (SSSR count). The van der Waals surface area contributed by atoms with E-state index in [0.717, 1.165) is 29.7 Å². The molecular formula is C22H22FN3O2S. The van der Waals surface area contributed by atoms with Crippen LogP contribution in [0.3, 0.4) is 0 Å². The van der Waals surface area contributed by atoms with Crippen molar-refractivity contribution in [3.05, 3.63) is 59.4 Å². The van der Waals surface area contributed by atoms with Gasteiger partial charge >= 0.3 is 0 Å². The molecule has 2 aromatic carbocycles. The molecule has 2 aromatic rings. The van der Waals surface area contributed by atoms with E-state index in [9.17, 15) is 14.0 Å². The van der Waals surface area contributed by atoms with Gasteiger partial charge in [0.1, 0.15) is 11.1 Å². The molecular weight excluding hydrogens is 389 g/mol. The number of amidine groups is 1. The summed E-state index contributed by atoms with van der Waals surface area (Å²) < 4.78 is 13.8. The number of aliphatic imine (C=N–C) groups is 1. The number of aryl methyl sites for hydroxylation is 2. The van der Waals surface area contributed by atoms with Crippen molar-refractivity contribution >= 4 is 40.1 Å². The van der Waals surface area contributed by atoms with Crippen molar-refractivity contribution in [3.8, 4) is 0 Å². The predicted octanol–water partition coefficient (Wildman–Crippen LogP) is 4.57. The molecule has 2 amide bonds. The lowest BCUT2D eigenvalue weighted by molar-refractivity contribution is -0.128. The van der Waals surface area contributed by atoms with E-state index in [-0.39, 0.29) is 30.0 Å². The predicted molar refractivity (Wildman–Crippen MR) is 114 cm³/mol. The van der Waals surface area contributed by atoms with Crippen molar-refractivity contribution in [1.82, 2.24) is 4.90 Å². The van der Waals surface area contributed by atoms with Gasteiger partial charge in [-0.15, -0.1) is 0 Å². The first-order chi connectivity index (χ1) is 13.9.